The molecule has 0 bridgehead atoms. The first-order valence-corrected chi connectivity index (χ1v) is 11.5. The van der Waals surface area contributed by atoms with Gasteiger partial charge in [-0.3, -0.25) is 14.5 Å². The minimum absolute atomic E-state index is 0.132. The highest BCUT2D eigenvalue weighted by Crippen LogP contribution is 2.25. The Bertz CT molecular complexity index is 998. The van der Waals surface area contributed by atoms with Crippen LogP contribution in [0.4, 0.5) is 5.69 Å². The molecule has 0 radical (unpaired) electrons. The van der Waals surface area contributed by atoms with Gasteiger partial charge in [0.05, 0.1) is 23.5 Å². The number of nitrogens with zero attached hydrogens (tertiary/aromatic N) is 1. The summed E-state index contributed by atoms with van der Waals surface area (Å²) in [5, 5.41) is 0. The molecule has 0 spiro atoms. The molecule has 7 nitrogen and oxygen atoms in total. The van der Waals surface area contributed by atoms with Gasteiger partial charge in [0.15, 0.2) is 9.84 Å². The number of nitrogen functional groups attached to an aromatic ring is 1. The summed E-state index contributed by atoms with van der Waals surface area (Å²) in [6.45, 7) is 0.774. The Balaban J connectivity index is 1.46. The van der Waals surface area contributed by atoms with E-state index in [1.54, 1.807) is 42.5 Å². The van der Waals surface area contributed by atoms with Crippen LogP contribution in [0.15, 0.2) is 42.5 Å². The number of carbonyl (C=O) groups is 2. The molecular weight excluding hydrogens is 392 g/mol. The lowest BCUT2D eigenvalue weighted by atomic mass is 10.1. The summed E-state index contributed by atoms with van der Waals surface area (Å²) in [7, 11) is -3.20. The van der Waals surface area contributed by atoms with Gasteiger partial charge < -0.3 is 10.5 Å². The van der Waals surface area contributed by atoms with Crippen molar-refractivity contribution in [2.45, 2.75) is 25.0 Å². The Morgan fingerprint density at radius 1 is 0.966 bits per heavy atom. The lowest BCUT2D eigenvalue weighted by Crippen LogP contribution is -2.30. The first-order valence-electron chi connectivity index (χ1n) is 9.40. The number of sulfone groups is 1. The van der Waals surface area contributed by atoms with Crippen molar-refractivity contribution in [2.24, 2.45) is 0 Å². The predicted molar refractivity (Wildman–Crippen MR) is 111 cm³/mol. The Hall–Kier alpha value is -2.87. The zero-order valence-electron chi connectivity index (χ0n) is 16.3. The van der Waals surface area contributed by atoms with Crippen LogP contribution in [0.1, 0.15) is 45.5 Å². The molecule has 0 saturated heterocycles. The zero-order chi connectivity index (χ0) is 21.0. The van der Waals surface area contributed by atoms with Gasteiger partial charge in [-0.05, 0) is 49.6 Å². The number of fused-ring (bicyclic) bond motifs is 1. The van der Waals surface area contributed by atoms with Crippen molar-refractivity contribution in [2.75, 3.05) is 25.1 Å². The zero-order valence-corrected chi connectivity index (χ0v) is 17.1. The lowest BCUT2D eigenvalue weighted by Gasteiger charge is -2.14. The topological polar surface area (TPSA) is 107 Å². The number of imide groups is 1. The first kappa shape index (κ1) is 20.9. The predicted octanol–water partition coefficient (Wildman–Crippen LogP) is 2.66. The molecule has 0 aliphatic carbocycles. The number of nitrogens with two attached hydrogens (primary N) is 1. The maximum atomic E-state index is 12.3. The maximum Gasteiger partial charge on any atom is 0.261 e. The Kier molecular flexibility index (Phi) is 6.22. The molecule has 0 aromatic heterocycles. The van der Waals surface area contributed by atoms with Crippen LogP contribution < -0.4 is 10.5 Å². The Labute approximate surface area is 170 Å². The van der Waals surface area contributed by atoms with E-state index in [4.69, 9.17) is 10.5 Å². The largest absolute Gasteiger partial charge is 0.493 e. The van der Waals surface area contributed by atoms with E-state index in [-0.39, 0.29) is 17.6 Å². The van der Waals surface area contributed by atoms with E-state index in [1.807, 2.05) is 0 Å². The fourth-order valence-electron chi connectivity index (χ4n) is 3.31. The number of benzene rings is 2. The van der Waals surface area contributed by atoms with Gasteiger partial charge in [0.25, 0.3) is 11.8 Å². The fraction of sp³-hybridized carbons (Fsp3) is 0.333. The van der Waals surface area contributed by atoms with Gasteiger partial charge in [0, 0.05) is 24.1 Å². The van der Waals surface area contributed by atoms with Crippen molar-refractivity contribution in [1.29, 1.82) is 0 Å². The number of unbranched alkanes of at least 4 members (excludes halogenated alkanes) is 2. The normalized spacial score (nSPS) is 13.6. The van der Waals surface area contributed by atoms with E-state index < -0.39 is 9.84 Å². The maximum absolute atomic E-state index is 12.3. The van der Waals surface area contributed by atoms with Crippen LogP contribution >= 0.6 is 0 Å². The van der Waals surface area contributed by atoms with Crippen molar-refractivity contribution < 1.29 is 22.7 Å². The van der Waals surface area contributed by atoms with Gasteiger partial charge in [-0.15, -0.1) is 0 Å². The highest BCUT2D eigenvalue weighted by atomic mass is 32.2. The summed E-state index contributed by atoms with van der Waals surface area (Å²) in [5.74, 6) is -0.110. The standard InChI is InChI=1S/C21H24N2O5S/c1-29(26,27)14-15-13-16(22)9-10-19(15)28-12-6-2-5-11-23-20(24)17-7-3-4-8-18(17)21(23)25/h3-4,7-10,13H,2,5-6,11-12,14,22H2,1H3. The summed E-state index contributed by atoms with van der Waals surface area (Å²) in [6, 6.07) is 11.8. The number of amides is 2. The van der Waals surface area contributed by atoms with E-state index in [1.165, 1.54) is 11.2 Å². The summed E-state index contributed by atoms with van der Waals surface area (Å²) in [5.41, 5.74) is 7.69. The van der Waals surface area contributed by atoms with E-state index in [0.29, 0.717) is 54.1 Å². The fourth-order valence-corrected chi connectivity index (χ4v) is 4.10. The number of carbonyl (C=O) groups excluding carboxylic acids is 2. The number of hydrogen-bond acceptors (Lipinski definition) is 6. The average molecular weight is 416 g/mol. The molecule has 154 valence electrons. The summed E-state index contributed by atoms with van der Waals surface area (Å²) >= 11 is 0. The molecule has 1 heterocycles. The highest BCUT2D eigenvalue weighted by Gasteiger charge is 2.34. The van der Waals surface area contributed by atoms with Crippen LogP contribution in [0.3, 0.4) is 0 Å². The quantitative estimate of drug-likeness (QED) is 0.383. The second-order valence-electron chi connectivity index (χ2n) is 7.15. The molecule has 2 N–H and O–H groups in total. The molecule has 1 aliphatic heterocycles. The molecule has 0 atom stereocenters. The van der Waals surface area contributed by atoms with Gasteiger partial charge in [-0.25, -0.2) is 8.42 Å². The second kappa shape index (κ2) is 8.65. The summed E-state index contributed by atoms with van der Waals surface area (Å²) in [4.78, 5) is 25.9. The lowest BCUT2D eigenvalue weighted by molar-refractivity contribution is 0.0651. The summed E-state index contributed by atoms with van der Waals surface area (Å²) < 4.78 is 28.9. The second-order valence-corrected chi connectivity index (χ2v) is 9.29. The van der Waals surface area contributed by atoms with Crippen LogP contribution in [0.5, 0.6) is 5.75 Å². The van der Waals surface area contributed by atoms with E-state index in [9.17, 15) is 18.0 Å². The van der Waals surface area contributed by atoms with Crippen LogP contribution in [-0.4, -0.2) is 44.5 Å². The van der Waals surface area contributed by atoms with Gasteiger partial charge in [-0.1, -0.05) is 12.1 Å². The third-order valence-corrected chi connectivity index (χ3v) is 5.50. The van der Waals surface area contributed by atoms with Crippen LogP contribution in [0.2, 0.25) is 0 Å². The van der Waals surface area contributed by atoms with Crippen molar-refractivity contribution in [1.82, 2.24) is 4.90 Å². The number of rotatable bonds is 9. The van der Waals surface area contributed by atoms with Crippen LogP contribution in [-0.2, 0) is 15.6 Å². The molecule has 3 rings (SSSR count). The molecule has 0 unspecified atom stereocenters. The monoisotopic (exact) mass is 416 g/mol. The van der Waals surface area contributed by atoms with Crippen molar-refractivity contribution in [3.8, 4) is 5.75 Å². The van der Waals surface area contributed by atoms with Gasteiger partial charge in [-0.2, -0.15) is 0 Å². The van der Waals surface area contributed by atoms with Gasteiger partial charge in [0.2, 0.25) is 0 Å². The molecule has 1 aliphatic rings. The third kappa shape index (κ3) is 5.14. The van der Waals surface area contributed by atoms with Crippen molar-refractivity contribution >= 4 is 27.3 Å². The van der Waals surface area contributed by atoms with Gasteiger partial charge >= 0.3 is 0 Å². The molecule has 29 heavy (non-hydrogen) atoms. The number of anilines is 1. The highest BCUT2D eigenvalue weighted by molar-refractivity contribution is 7.89. The molecule has 0 fully saturated rings. The van der Waals surface area contributed by atoms with E-state index >= 15 is 0 Å². The third-order valence-electron chi connectivity index (χ3n) is 4.66. The van der Waals surface area contributed by atoms with Crippen LogP contribution in [0.25, 0.3) is 0 Å². The molecule has 2 aromatic carbocycles. The minimum Gasteiger partial charge on any atom is -0.493 e. The number of ether oxygens (including phenoxy) is 1. The minimum atomic E-state index is -3.20. The Morgan fingerprint density at radius 3 is 2.24 bits per heavy atom. The van der Waals surface area contributed by atoms with Crippen LogP contribution in [0, 0.1) is 0 Å². The summed E-state index contributed by atoms with van der Waals surface area (Å²) in [6.07, 6.45) is 3.32. The first-order chi connectivity index (χ1) is 13.8. The Morgan fingerprint density at radius 2 is 1.62 bits per heavy atom. The van der Waals surface area contributed by atoms with E-state index in [0.717, 1.165) is 6.42 Å². The number of hydrogen-bond donors (Lipinski definition) is 1. The smallest absolute Gasteiger partial charge is 0.261 e. The van der Waals surface area contributed by atoms with Crippen molar-refractivity contribution in [3.05, 3.63) is 59.2 Å². The van der Waals surface area contributed by atoms with E-state index in [2.05, 4.69) is 0 Å². The molecule has 8 heteroatoms. The molecule has 2 aromatic rings. The molecule has 2 amide bonds. The van der Waals surface area contributed by atoms with Gasteiger partial charge in [0.1, 0.15) is 5.75 Å². The van der Waals surface area contributed by atoms with Crippen molar-refractivity contribution in [3.63, 3.8) is 0 Å². The average Bonchev–Trinajstić information content (AvgIpc) is 2.89. The molecule has 0 saturated carbocycles. The molecular formula is C21H24N2O5S. The SMILES string of the molecule is CS(=O)(=O)Cc1cc(N)ccc1OCCCCCN1C(=O)c2ccccc2C1=O.